The number of hydrogen-bond donors (Lipinski definition) is 1. The highest BCUT2D eigenvalue weighted by Crippen LogP contribution is 2.48. The lowest BCUT2D eigenvalue weighted by Gasteiger charge is -2.38. The topological polar surface area (TPSA) is 109 Å². The number of carbonyl (C=O) groups is 3. The van der Waals surface area contributed by atoms with Crippen LogP contribution in [0.15, 0.2) is 40.7 Å². The lowest BCUT2D eigenvalue weighted by atomic mass is 9.69. The van der Waals surface area contributed by atoms with E-state index in [9.17, 15) is 14.4 Å². The third-order valence-corrected chi connectivity index (χ3v) is 6.24. The van der Waals surface area contributed by atoms with Crippen LogP contribution < -0.4 is 14.8 Å². The van der Waals surface area contributed by atoms with Gasteiger partial charge in [-0.15, -0.1) is 0 Å². The fourth-order valence-electron chi connectivity index (χ4n) is 4.61. The van der Waals surface area contributed by atoms with E-state index in [4.69, 9.17) is 23.7 Å². The Kier molecular flexibility index (Phi) is 7.98. The first-order valence-corrected chi connectivity index (χ1v) is 11.0. The molecular weight excluding hydrogens is 442 g/mol. The first kappa shape index (κ1) is 25.3. The van der Waals surface area contributed by atoms with Crippen LogP contribution in [0.3, 0.4) is 0 Å². The van der Waals surface area contributed by atoms with Gasteiger partial charge >= 0.3 is 11.9 Å². The lowest BCUT2D eigenvalue weighted by Crippen LogP contribution is -2.43. The second-order valence-corrected chi connectivity index (χ2v) is 8.27. The highest BCUT2D eigenvalue weighted by atomic mass is 16.6. The van der Waals surface area contributed by atoms with E-state index in [-0.39, 0.29) is 30.5 Å². The Morgan fingerprint density at radius 2 is 1.82 bits per heavy atom. The van der Waals surface area contributed by atoms with Crippen molar-refractivity contribution >= 4 is 17.7 Å². The van der Waals surface area contributed by atoms with Crippen molar-refractivity contribution in [1.82, 2.24) is 5.32 Å². The molecule has 1 N–H and O–H groups in total. The van der Waals surface area contributed by atoms with Gasteiger partial charge in [-0.1, -0.05) is 13.0 Å². The number of nitrogens with one attached hydrogen (secondary N) is 1. The van der Waals surface area contributed by atoms with Crippen molar-refractivity contribution in [3.8, 4) is 11.5 Å². The van der Waals surface area contributed by atoms with Gasteiger partial charge in [0.25, 0.3) is 0 Å². The van der Waals surface area contributed by atoms with Gasteiger partial charge in [0.05, 0.1) is 39.4 Å². The minimum absolute atomic E-state index is 0.0558. The maximum Gasteiger partial charge on any atom is 0.336 e. The molecule has 0 fully saturated rings. The molecule has 1 heterocycles. The number of rotatable bonds is 8. The highest BCUT2D eigenvalue weighted by Gasteiger charge is 2.47. The van der Waals surface area contributed by atoms with Gasteiger partial charge in [0.2, 0.25) is 0 Å². The third-order valence-electron chi connectivity index (χ3n) is 6.24. The molecule has 9 nitrogen and oxygen atoms in total. The monoisotopic (exact) mass is 473 g/mol. The summed E-state index contributed by atoms with van der Waals surface area (Å²) in [6.07, 6.45) is 0.444. The number of ether oxygens (including phenoxy) is 5. The molecule has 2 aliphatic rings. The number of Topliss-reactive ketones (excluding diaryl/α,β-unsaturated/α-hetero) is 1. The molecule has 0 saturated carbocycles. The molecule has 3 rings (SSSR count). The summed E-state index contributed by atoms with van der Waals surface area (Å²) in [5, 5.41) is 3.23. The Balaban J connectivity index is 2.20. The number of allylic oxidation sites excluding steroid dienone is 3. The van der Waals surface area contributed by atoms with Gasteiger partial charge < -0.3 is 29.0 Å². The van der Waals surface area contributed by atoms with Gasteiger partial charge in [-0.2, -0.15) is 0 Å². The van der Waals surface area contributed by atoms with Crippen molar-refractivity contribution in [2.45, 2.75) is 26.2 Å². The van der Waals surface area contributed by atoms with Gasteiger partial charge in [-0.05, 0) is 25.3 Å². The quantitative estimate of drug-likeness (QED) is 0.346. The number of benzene rings is 1. The normalized spacial score (nSPS) is 22.1. The van der Waals surface area contributed by atoms with E-state index >= 15 is 0 Å². The summed E-state index contributed by atoms with van der Waals surface area (Å²) in [7, 11) is 5.81. The van der Waals surface area contributed by atoms with E-state index in [1.54, 1.807) is 25.1 Å². The molecule has 0 spiro atoms. The molecule has 0 aromatic heterocycles. The number of ketones is 1. The summed E-state index contributed by atoms with van der Waals surface area (Å²) in [6, 6.07) is 5.18. The van der Waals surface area contributed by atoms with Crippen LogP contribution in [0.4, 0.5) is 0 Å². The number of dihydropyridines is 1. The summed E-state index contributed by atoms with van der Waals surface area (Å²) in [6.45, 7) is 3.89. The predicted octanol–water partition coefficient (Wildman–Crippen LogP) is 2.51. The highest BCUT2D eigenvalue weighted by molar-refractivity contribution is 6.12. The van der Waals surface area contributed by atoms with E-state index in [1.165, 1.54) is 28.4 Å². The number of methoxy groups -OCH3 is 4. The van der Waals surface area contributed by atoms with Crippen LogP contribution in [0.1, 0.15) is 31.7 Å². The minimum Gasteiger partial charge on any atom is -0.497 e. The standard InChI is InChI=1S/C25H31NO8/c1-13-11-17-22(23(27)19(13)24(28)33-6)21(16-8-7-15(31-4)12-18(16)32-5)20(14(2)26-17)25(29)34-10-9-30-3/h7-8,12-13,19,21,26H,9-11H2,1-6H3/t13-,19-,21+/m1/s1. The zero-order valence-corrected chi connectivity index (χ0v) is 20.4. The van der Waals surface area contributed by atoms with Crippen molar-refractivity contribution < 1.29 is 38.1 Å². The van der Waals surface area contributed by atoms with Crippen molar-refractivity contribution in [1.29, 1.82) is 0 Å². The number of hydrogen-bond acceptors (Lipinski definition) is 9. The molecule has 0 amide bonds. The van der Waals surface area contributed by atoms with Gasteiger partial charge in [0.1, 0.15) is 24.0 Å². The lowest BCUT2D eigenvalue weighted by molar-refractivity contribution is -0.151. The fraction of sp³-hybridized carbons (Fsp3) is 0.480. The molecule has 1 aliphatic carbocycles. The van der Waals surface area contributed by atoms with Crippen LogP contribution in [0.25, 0.3) is 0 Å². The molecule has 1 aliphatic heterocycles. The SMILES string of the molecule is COCCOC(=O)C1=C(C)NC2=C(C(=O)[C@H](C(=O)OC)[C@H](C)C2)[C@H]1c1ccc(OC)cc1OC. The van der Waals surface area contributed by atoms with Crippen molar-refractivity contribution in [3.63, 3.8) is 0 Å². The van der Waals surface area contributed by atoms with Gasteiger partial charge in [-0.25, -0.2) is 4.79 Å². The summed E-state index contributed by atoms with van der Waals surface area (Å²) >= 11 is 0. The molecule has 9 heteroatoms. The maximum absolute atomic E-state index is 13.8. The Labute approximate surface area is 199 Å². The Morgan fingerprint density at radius 1 is 1.09 bits per heavy atom. The number of esters is 2. The van der Waals surface area contributed by atoms with Crippen molar-refractivity contribution in [2.24, 2.45) is 11.8 Å². The van der Waals surface area contributed by atoms with Gasteiger partial charge in [0, 0.05) is 35.7 Å². The van der Waals surface area contributed by atoms with Gasteiger partial charge in [-0.3, -0.25) is 9.59 Å². The molecule has 1 aromatic carbocycles. The molecule has 0 unspecified atom stereocenters. The minimum atomic E-state index is -0.971. The maximum atomic E-state index is 13.8. The Hall–Kier alpha value is -3.33. The van der Waals surface area contributed by atoms with Crippen molar-refractivity contribution in [2.75, 3.05) is 41.7 Å². The fourth-order valence-corrected chi connectivity index (χ4v) is 4.61. The molecule has 0 radical (unpaired) electrons. The predicted molar refractivity (Wildman–Crippen MR) is 122 cm³/mol. The Bertz CT molecular complexity index is 1040. The van der Waals surface area contributed by atoms with E-state index in [1.807, 2.05) is 6.92 Å². The average Bonchev–Trinajstić information content (AvgIpc) is 2.82. The third kappa shape index (κ3) is 4.65. The van der Waals surface area contributed by atoms with Crippen LogP contribution in [0, 0.1) is 11.8 Å². The van der Waals surface area contributed by atoms with Crippen LogP contribution in [-0.4, -0.2) is 59.4 Å². The first-order chi connectivity index (χ1) is 16.3. The zero-order chi connectivity index (χ0) is 25.0. The molecule has 1 aromatic rings. The van der Waals surface area contributed by atoms with Crippen LogP contribution >= 0.6 is 0 Å². The van der Waals surface area contributed by atoms with Crippen LogP contribution in [0.2, 0.25) is 0 Å². The molecule has 0 saturated heterocycles. The van der Waals surface area contributed by atoms with E-state index in [0.717, 1.165) is 0 Å². The molecule has 184 valence electrons. The number of carbonyl (C=O) groups excluding carboxylic acids is 3. The summed E-state index contributed by atoms with van der Waals surface area (Å²) in [5.74, 6) is -2.62. The second-order valence-electron chi connectivity index (χ2n) is 8.27. The van der Waals surface area contributed by atoms with E-state index in [0.29, 0.717) is 40.5 Å². The molecule has 0 bridgehead atoms. The summed E-state index contributed by atoms with van der Waals surface area (Å²) in [4.78, 5) is 39.5. The van der Waals surface area contributed by atoms with Crippen LogP contribution in [0.5, 0.6) is 11.5 Å². The second kappa shape index (κ2) is 10.7. The molecule has 3 atom stereocenters. The Morgan fingerprint density at radius 3 is 2.44 bits per heavy atom. The summed E-state index contributed by atoms with van der Waals surface area (Å²) < 4.78 is 26.3. The average molecular weight is 474 g/mol. The van der Waals surface area contributed by atoms with Crippen molar-refractivity contribution in [3.05, 3.63) is 46.3 Å². The van der Waals surface area contributed by atoms with E-state index in [2.05, 4.69) is 5.32 Å². The molecular formula is C25H31NO8. The van der Waals surface area contributed by atoms with Gasteiger partial charge in [0.15, 0.2) is 5.78 Å². The smallest absolute Gasteiger partial charge is 0.336 e. The molecule has 34 heavy (non-hydrogen) atoms. The summed E-state index contributed by atoms with van der Waals surface area (Å²) in [5.41, 5.74) is 2.43. The zero-order valence-electron chi connectivity index (χ0n) is 20.4. The first-order valence-electron chi connectivity index (χ1n) is 11.0. The largest absolute Gasteiger partial charge is 0.497 e. The van der Waals surface area contributed by atoms with E-state index < -0.39 is 23.8 Å². The van der Waals surface area contributed by atoms with Crippen LogP contribution in [-0.2, 0) is 28.6 Å².